The van der Waals surface area contributed by atoms with E-state index in [-0.39, 0.29) is 55.7 Å². The molecule has 1 saturated carbocycles. The standard InChI is InChI=1S/C19H22F3N9O2/c20-19(21,22)10-29-5-7-30(8-6-29)15(32)13(11-3-4-11)24-17-26-16(23)31-18(27-17)25-14(28-31)12-2-1-9-33-12/h1-2,9,11,13H,3-8,10H2,(H3,23,24,25,26,27,28)/t13-/m0/s1. The third-order valence-electron chi connectivity index (χ3n) is 5.71. The molecule has 3 N–H and O–H groups in total. The van der Waals surface area contributed by atoms with Crippen molar-refractivity contribution in [2.24, 2.45) is 5.92 Å². The Morgan fingerprint density at radius 3 is 2.61 bits per heavy atom. The van der Waals surface area contributed by atoms with Gasteiger partial charge in [-0.1, -0.05) is 0 Å². The Kier molecular flexibility index (Phi) is 5.31. The fourth-order valence-electron chi connectivity index (χ4n) is 3.91. The Morgan fingerprint density at radius 2 is 1.97 bits per heavy atom. The first-order chi connectivity index (χ1) is 15.8. The molecule has 2 aliphatic rings. The van der Waals surface area contributed by atoms with E-state index in [1.165, 1.54) is 15.7 Å². The number of nitrogens with zero attached hydrogens (tertiary/aromatic N) is 7. The number of nitrogens with two attached hydrogens (primary N) is 1. The number of nitrogen functional groups attached to an aromatic ring is 1. The lowest BCUT2D eigenvalue weighted by molar-refractivity contribution is -0.152. The molecule has 0 aromatic carbocycles. The Labute approximate surface area is 185 Å². The van der Waals surface area contributed by atoms with Gasteiger partial charge in [-0.3, -0.25) is 9.69 Å². The maximum Gasteiger partial charge on any atom is 0.401 e. The second kappa shape index (κ2) is 8.17. The van der Waals surface area contributed by atoms with Gasteiger partial charge in [-0.2, -0.15) is 32.6 Å². The van der Waals surface area contributed by atoms with Crippen molar-refractivity contribution in [1.29, 1.82) is 0 Å². The van der Waals surface area contributed by atoms with E-state index in [1.807, 2.05) is 0 Å². The zero-order valence-corrected chi connectivity index (χ0v) is 17.5. The molecule has 0 spiro atoms. The summed E-state index contributed by atoms with van der Waals surface area (Å²) < 4.78 is 44.5. The van der Waals surface area contributed by atoms with Crippen LogP contribution in [0.4, 0.5) is 25.1 Å². The fraction of sp³-hybridized carbons (Fsp3) is 0.526. The van der Waals surface area contributed by atoms with Crippen LogP contribution in [0.15, 0.2) is 22.8 Å². The van der Waals surface area contributed by atoms with E-state index < -0.39 is 18.8 Å². The lowest BCUT2D eigenvalue weighted by atomic mass is 10.1. The number of hydrogen-bond donors (Lipinski definition) is 2. The molecule has 1 aliphatic carbocycles. The summed E-state index contributed by atoms with van der Waals surface area (Å²) in [5.41, 5.74) is 6.02. The molecule has 1 atom stereocenters. The van der Waals surface area contributed by atoms with Crippen molar-refractivity contribution in [3.8, 4) is 11.6 Å². The van der Waals surface area contributed by atoms with Gasteiger partial charge in [0, 0.05) is 26.2 Å². The number of piperazine rings is 1. The number of amides is 1. The number of fused-ring (bicyclic) bond motifs is 1. The van der Waals surface area contributed by atoms with Crippen LogP contribution in [0.25, 0.3) is 17.4 Å². The molecule has 1 amide bonds. The number of carbonyl (C=O) groups excluding carboxylic acids is 1. The third-order valence-corrected chi connectivity index (χ3v) is 5.71. The fourth-order valence-corrected chi connectivity index (χ4v) is 3.91. The molecule has 11 nitrogen and oxygen atoms in total. The Morgan fingerprint density at radius 1 is 1.21 bits per heavy atom. The largest absolute Gasteiger partial charge is 0.461 e. The van der Waals surface area contributed by atoms with Crippen molar-refractivity contribution in [1.82, 2.24) is 34.4 Å². The smallest absolute Gasteiger partial charge is 0.401 e. The van der Waals surface area contributed by atoms with Gasteiger partial charge < -0.3 is 20.4 Å². The molecule has 0 unspecified atom stereocenters. The zero-order chi connectivity index (χ0) is 23.2. The molecule has 33 heavy (non-hydrogen) atoms. The normalized spacial score (nSPS) is 18.6. The average molecular weight is 465 g/mol. The summed E-state index contributed by atoms with van der Waals surface area (Å²) in [6.07, 6.45) is -1.03. The minimum Gasteiger partial charge on any atom is -0.461 e. The van der Waals surface area contributed by atoms with Crippen LogP contribution in [0.2, 0.25) is 0 Å². The van der Waals surface area contributed by atoms with E-state index in [2.05, 4.69) is 25.4 Å². The van der Waals surface area contributed by atoms with E-state index in [9.17, 15) is 18.0 Å². The number of alkyl halides is 3. The monoisotopic (exact) mass is 465 g/mol. The predicted molar refractivity (Wildman–Crippen MR) is 110 cm³/mol. The number of nitrogens with one attached hydrogen (secondary N) is 1. The van der Waals surface area contributed by atoms with Crippen molar-refractivity contribution >= 4 is 23.6 Å². The topological polar surface area (TPSA) is 131 Å². The highest BCUT2D eigenvalue weighted by Crippen LogP contribution is 2.35. The molecule has 4 heterocycles. The number of rotatable bonds is 6. The van der Waals surface area contributed by atoms with Gasteiger partial charge in [0.05, 0.1) is 12.8 Å². The third kappa shape index (κ3) is 4.69. The van der Waals surface area contributed by atoms with Crippen LogP contribution >= 0.6 is 0 Å². The number of carbonyl (C=O) groups is 1. The quantitative estimate of drug-likeness (QED) is 0.552. The maximum atomic E-state index is 13.2. The minimum absolute atomic E-state index is 0.0376. The number of hydrogen-bond acceptors (Lipinski definition) is 9. The second-order valence-corrected chi connectivity index (χ2v) is 8.21. The summed E-state index contributed by atoms with van der Waals surface area (Å²) in [5, 5.41) is 7.31. The molecule has 2 fully saturated rings. The van der Waals surface area contributed by atoms with Gasteiger partial charge in [0.1, 0.15) is 6.04 Å². The number of aromatic nitrogens is 5. The SMILES string of the molecule is Nc1nc(N[C@H](C(=O)N2CCN(CC(F)(F)F)CC2)C2CC2)nc2nc(-c3ccco3)nn12. The highest BCUT2D eigenvalue weighted by Gasteiger charge is 2.40. The number of anilines is 2. The first-order valence-electron chi connectivity index (χ1n) is 10.6. The van der Waals surface area contributed by atoms with E-state index >= 15 is 0 Å². The summed E-state index contributed by atoms with van der Waals surface area (Å²) in [5.74, 6) is 1.04. The van der Waals surface area contributed by atoms with Gasteiger partial charge in [0.2, 0.25) is 23.6 Å². The Balaban J connectivity index is 1.30. The predicted octanol–water partition coefficient (Wildman–Crippen LogP) is 1.26. The van der Waals surface area contributed by atoms with Crippen LogP contribution in [0.3, 0.4) is 0 Å². The molecule has 1 aliphatic heterocycles. The summed E-state index contributed by atoms with van der Waals surface area (Å²) in [6.45, 7) is -0.150. The molecule has 1 saturated heterocycles. The molecular formula is C19H22F3N9O2. The van der Waals surface area contributed by atoms with Gasteiger partial charge in [0.15, 0.2) is 5.76 Å². The van der Waals surface area contributed by atoms with E-state index in [1.54, 1.807) is 17.0 Å². The summed E-state index contributed by atoms with van der Waals surface area (Å²) >= 11 is 0. The van der Waals surface area contributed by atoms with E-state index in [0.29, 0.717) is 11.6 Å². The van der Waals surface area contributed by atoms with Gasteiger partial charge in [-0.15, -0.1) is 5.10 Å². The lowest BCUT2D eigenvalue weighted by Gasteiger charge is -2.36. The van der Waals surface area contributed by atoms with Crippen molar-refractivity contribution in [2.45, 2.75) is 25.1 Å². The van der Waals surface area contributed by atoms with Crippen LogP contribution < -0.4 is 11.1 Å². The molecule has 0 bridgehead atoms. The van der Waals surface area contributed by atoms with Crippen LogP contribution in [-0.2, 0) is 4.79 Å². The molecule has 0 radical (unpaired) electrons. The van der Waals surface area contributed by atoms with E-state index in [0.717, 1.165) is 12.8 Å². The van der Waals surface area contributed by atoms with Crippen LogP contribution in [0.1, 0.15) is 12.8 Å². The highest BCUT2D eigenvalue weighted by atomic mass is 19.4. The second-order valence-electron chi connectivity index (χ2n) is 8.21. The highest BCUT2D eigenvalue weighted by molar-refractivity contribution is 5.85. The molecular weight excluding hydrogens is 443 g/mol. The zero-order valence-electron chi connectivity index (χ0n) is 17.5. The summed E-state index contributed by atoms with van der Waals surface area (Å²) in [7, 11) is 0. The minimum atomic E-state index is -4.25. The van der Waals surface area contributed by atoms with E-state index in [4.69, 9.17) is 10.2 Å². The van der Waals surface area contributed by atoms with Crippen LogP contribution in [-0.4, -0.2) is 85.2 Å². The van der Waals surface area contributed by atoms with Gasteiger partial charge >= 0.3 is 6.18 Å². The first kappa shape index (κ1) is 21.4. The maximum absolute atomic E-state index is 13.2. The Bertz CT molecular complexity index is 1140. The van der Waals surface area contributed by atoms with Gasteiger partial charge in [0.25, 0.3) is 5.78 Å². The average Bonchev–Trinajstić information content (AvgIpc) is 3.27. The Hall–Kier alpha value is -3.42. The van der Waals surface area contributed by atoms with Crippen molar-refractivity contribution in [2.75, 3.05) is 43.8 Å². The molecule has 176 valence electrons. The van der Waals surface area contributed by atoms with Crippen molar-refractivity contribution in [3.05, 3.63) is 18.4 Å². The number of halogens is 3. The van der Waals surface area contributed by atoms with Crippen molar-refractivity contribution in [3.63, 3.8) is 0 Å². The lowest BCUT2D eigenvalue weighted by Crippen LogP contribution is -2.54. The summed E-state index contributed by atoms with van der Waals surface area (Å²) in [6, 6.07) is 2.82. The van der Waals surface area contributed by atoms with Crippen molar-refractivity contribution < 1.29 is 22.4 Å². The first-order valence-corrected chi connectivity index (χ1v) is 10.6. The summed E-state index contributed by atoms with van der Waals surface area (Å²) in [4.78, 5) is 28.9. The molecule has 14 heteroatoms. The number of furan rings is 1. The van der Waals surface area contributed by atoms with Crippen LogP contribution in [0, 0.1) is 5.92 Å². The molecule has 5 rings (SSSR count). The molecule has 3 aromatic heterocycles. The van der Waals surface area contributed by atoms with Gasteiger partial charge in [-0.25, -0.2) is 0 Å². The van der Waals surface area contributed by atoms with Gasteiger partial charge in [-0.05, 0) is 30.9 Å². The van der Waals surface area contributed by atoms with Crippen LogP contribution in [0.5, 0.6) is 0 Å². The molecule has 3 aromatic rings.